The highest BCUT2D eigenvalue weighted by molar-refractivity contribution is 9.10. The molecule has 0 heterocycles. The molecule has 27 heavy (non-hydrogen) atoms. The van der Waals surface area contributed by atoms with Crippen LogP contribution < -0.4 is 4.74 Å². The number of ether oxygens (including phenoxy) is 1. The number of halogens is 1. The van der Waals surface area contributed by atoms with Crippen LogP contribution >= 0.6 is 15.9 Å². The molecular weight excluding hydrogens is 412 g/mol. The molecule has 0 aliphatic heterocycles. The zero-order valence-corrected chi connectivity index (χ0v) is 15.7. The smallest absolute Gasteiger partial charge is 0.198 e. The highest BCUT2D eigenvalue weighted by Gasteiger charge is 2.35. The number of carbonyl (C=O) groups is 2. The van der Waals surface area contributed by atoms with Crippen LogP contribution in [-0.4, -0.2) is 28.9 Å². The second-order valence-electron chi connectivity index (χ2n) is 6.09. The van der Waals surface area contributed by atoms with Gasteiger partial charge in [-0.25, -0.2) is 0 Å². The molecule has 0 unspecified atom stereocenters. The van der Waals surface area contributed by atoms with Crippen molar-refractivity contribution in [1.82, 2.24) is 0 Å². The number of carbonyl (C=O) groups excluding carboxylic acids is 2. The van der Waals surface area contributed by atoms with Crippen molar-refractivity contribution in [2.75, 3.05) is 7.11 Å². The van der Waals surface area contributed by atoms with Gasteiger partial charge in [0.2, 0.25) is 0 Å². The molecule has 4 rings (SSSR count). The van der Waals surface area contributed by atoms with E-state index in [0.29, 0.717) is 21.3 Å². The molecule has 1 aliphatic carbocycles. The molecule has 0 saturated carbocycles. The molecule has 0 aromatic heterocycles. The lowest BCUT2D eigenvalue weighted by Gasteiger charge is -2.21. The summed E-state index contributed by atoms with van der Waals surface area (Å²) >= 11 is 3.16. The van der Waals surface area contributed by atoms with E-state index in [1.54, 1.807) is 37.4 Å². The molecule has 1 aliphatic rings. The quantitative estimate of drug-likeness (QED) is 0.500. The summed E-state index contributed by atoms with van der Waals surface area (Å²) in [7, 11) is 1.56. The maximum Gasteiger partial charge on any atom is 0.198 e. The third-order valence-electron chi connectivity index (χ3n) is 4.65. The molecule has 3 aromatic carbocycles. The molecule has 3 aromatic rings. The van der Waals surface area contributed by atoms with Crippen LogP contribution in [0.5, 0.6) is 17.2 Å². The summed E-state index contributed by atoms with van der Waals surface area (Å²) in [5.74, 6) is -0.887. The maximum absolute atomic E-state index is 13.0. The summed E-state index contributed by atoms with van der Waals surface area (Å²) < 4.78 is 5.45. The van der Waals surface area contributed by atoms with Crippen LogP contribution in [0.25, 0.3) is 11.1 Å². The van der Waals surface area contributed by atoms with Crippen molar-refractivity contribution in [2.45, 2.75) is 0 Å². The first kappa shape index (κ1) is 17.3. The second-order valence-corrected chi connectivity index (χ2v) is 6.94. The first-order valence-corrected chi connectivity index (χ1v) is 8.84. The number of phenols is 2. The van der Waals surface area contributed by atoms with E-state index in [1.165, 1.54) is 18.2 Å². The van der Waals surface area contributed by atoms with Gasteiger partial charge in [0.25, 0.3) is 0 Å². The Morgan fingerprint density at radius 2 is 1.26 bits per heavy atom. The van der Waals surface area contributed by atoms with Gasteiger partial charge in [-0.05, 0) is 57.9 Å². The number of benzene rings is 3. The third kappa shape index (κ3) is 2.52. The fourth-order valence-corrected chi connectivity index (χ4v) is 3.60. The largest absolute Gasteiger partial charge is 0.507 e. The number of hydrogen-bond donors (Lipinski definition) is 2. The summed E-state index contributed by atoms with van der Waals surface area (Å²) in [5, 5.41) is 21.0. The Balaban J connectivity index is 1.91. The lowest BCUT2D eigenvalue weighted by molar-refractivity contribution is 0.0974. The molecule has 0 spiro atoms. The van der Waals surface area contributed by atoms with E-state index in [9.17, 15) is 19.8 Å². The zero-order chi connectivity index (χ0) is 19.3. The predicted molar refractivity (Wildman–Crippen MR) is 103 cm³/mol. The first-order valence-electron chi connectivity index (χ1n) is 8.05. The Morgan fingerprint density at radius 1 is 0.741 bits per heavy atom. The van der Waals surface area contributed by atoms with Gasteiger partial charge in [-0.2, -0.15) is 0 Å². The molecule has 0 amide bonds. The van der Waals surface area contributed by atoms with E-state index in [0.717, 1.165) is 0 Å². The fourth-order valence-electron chi connectivity index (χ4n) is 3.27. The fraction of sp³-hybridized carbons (Fsp3) is 0.0476. The van der Waals surface area contributed by atoms with Crippen molar-refractivity contribution >= 4 is 27.5 Å². The zero-order valence-electron chi connectivity index (χ0n) is 14.1. The second kappa shape index (κ2) is 6.25. The van der Waals surface area contributed by atoms with Gasteiger partial charge >= 0.3 is 0 Å². The van der Waals surface area contributed by atoms with Gasteiger partial charge < -0.3 is 14.9 Å². The summed E-state index contributed by atoms with van der Waals surface area (Å²) in [6.07, 6.45) is 0. The van der Waals surface area contributed by atoms with E-state index >= 15 is 0 Å². The van der Waals surface area contributed by atoms with Gasteiger partial charge in [-0.1, -0.05) is 12.1 Å². The minimum atomic E-state index is -0.505. The Bertz CT molecular complexity index is 1120. The summed E-state index contributed by atoms with van der Waals surface area (Å²) in [5.41, 5.74) is 1.13. The maximum atomic E-state index is 13.0. The SMILES string of the molecule is COc1ccc(-c2ccc3c(c2O)C(=O)c2ccc(Br)c(O)c2C3=O)cc1. The van der Waals surface area contributed by atoms with Gasteiger partial charge in [0.1, 0.15) is 17.2 Å². The van der Waals surface area contributed by atoms with Gasteiger partial charge in [0, 0.05) is 16.7 Å². The van der Waals surface area contributed by atoms with E-state index in [4.69, 9.17) is 4.74 Å². The molecule has 134 valence electrons. The molecular formula is C21H13BrO5. The van der Waals surface area contributed by atoms with Crippen molar-refractivity contribution in [3.63, 3.8) is 0 Å². The monoisotopic (exact) mass is 424 g/mol. The number of hydrogen-bond acceptors (Lipinski definition) is 5. The third-order valence-corrected chi connectivity index (χ3v) is 5.29. The van der Waals surface area contributed by atoms with E-state index < -0.39 is 11.6 Å². The standard InChI is InChI=1S/C21H13BrO5/c1-27-11-4-2-10(3-5-11)12-6-7-13-16(18(12)23)19(24)14-8-9-15(22)21(26)17(14)20(13)25/h2-9,23,26H,1H3. The molecule has 0 fully saturated rings. The Morgan fingerprint density at radius 3 is 1.85 bits per heavy atom. The van der Waals surface area contributed by atoms with Crippen LogP contribution in [0.4, 0.5) is 0 Å². The van der Waals surface area contributed by atoms with E-state index in [1.807, 2.05) is 0 Å². The van der Waals surface area contributed by atoms with Crippen molar-refractivity contribution in [3.05, 3.63) is 75.3 Å². The number of ketones is 2. The van der Waals surface area contributed by atoms with E-state index in [-0.39, 0.29) is 33.8 Å². The molecule has 5 nitrogen and oxygen atoms in total. The Labute approximate surface area is 163 Å². The molecule has 0 radical (unpaired) electrons. The van der Waals surface area contributed by atoms with Crippen LogP contribution in [0.2, 0.25) is 0 Å². The number of fused-ring (bicyclic) bond motifs is 2. The van der Waals surface area contributed by atoms with Crippen LogP contribution in [0.1, 0.15) is 31.8 Å². The van der Waals surface area contributed by atoms with Crippen molar-refractivity contribution in [2.24, 2.45) is 0 Å². The van der Waals surface area contributed by atoms with Crippen LogP contribution in [0.15, 0.2) is 53.0 Å². The molecule has 0 atom stereocenters. The van der Waals surface area contributed by atoms with Crippen LogP contribution in [0.3, 0.4) is 0 Å². The van der Waals surface area contributed by atoms with Crippen LogP contribution in [0, 0.1) is 0 Å². The molecule has 0 bridgehead atoms. The molecule has 6 heteroatoms. The number of methoxy groups -OCH3 is 1. The Kier molecular flexibility index (Phi) is 4.00. The minimum Gasteiger partial charge on any atom is -0.507 e. The number of phenolic OH excluding ortho intramolecular Hbond substituents is 2. The highest BCUT2D eigenvalue weighted by atomic mass is 79.9. The predicted octanol–water partition coefficient (Wildman–Crippen LogP) is 4.31. The average Bonchev–Trinajstić information content (AvgIpc) is 2.68. The Hall–Kier alpha value is -3.12. The average molecular weight is 425 g/mol. The lowest BCUT2D eigenvalue weighted by Crippen LogP contribution is -2.21. The van der Waals surface area contributed by atoms with Crippen molar-refractivity contribution in [1.29, 1.82) is 0 Å². The van der Waals surface area contributed by atoms with Gasteiger partial charge in [-0.3, -0.25) is 9.59 Å². The summed E-state index contributed by atoms with van der Waals surface area (Å²) in [6, 6.07) is 13.0. The van der Waals surface area contributed by atoms with Gasteiger partial charge in [0.15, 0.2) is 11.6 Å². The topological polar surface area (TPSA) is 83.8 Å². The molecule has 0 saturated heterocycles. The minimum absolute atomic E-state index is 0.0532. The summed E-state index contributed by atoms with van der Waals surface area (Å²) in [4.78, 5) is 25.8. The first-order chi connectivity index (χ1) is 12.9. The van der Waals surface area contributed by atoms with Crippen molar-refractivity contribution in [3.8, 4) is 28.4 Å². The normalized spacial score (nSPS) is 12.5. The lowest BCUT2D eigenvalue weighted by atomic mass is 9.81. The van der Waals surface area contributed by atoms with Crippen LogP contribution in [-0.2, 0) is 0 Å². The number of aromatic hydroxyl groups is 2. The van der Waals surface area contributed by atoms with Gasteiger partial charge in [-0.15, -0.1) is 0 Å². The highest BCUT2D eigenvalue weighted by Crippen LogP contribution is 2.42. The van der Waals surface area contributed by atoms with Gasteiger partial charge in [0.05, 0.1) is 22.7 Å². The van der Waals surface area contributed by atoms with Crippen molar-refractivity contribution < 1.29 is 24.5 Å². The summed E-state index contributed by atoms with van der Waals surface area (Å²) in [6.45, 7) is 0. The number of rotatable bonds is 2. The van der Waals surface area contributed by atoms with E-state index in [2.05, 4.69) is 15.9 Å². The molecule has 2 N–H and O–H groups in total.